The van der Waals surface area contributed by atoms with Gasteiger partial charge >= 0.3 is 0 Å². The summed E-state index contributed by atoms with van der Waals surface area (Å²) in [5, 5.41) is 4.48. The van der Waals surface area contributed by atoms with Crippen LogP contribution in [0.5, 0.6) is 0 Å². The number of hydrogen-bond acceptors (Lipinski definition) is 5. The third-order valence-electron chi connectivity index (χ3n) is 4.41. The highest BCUT2D eigenvalue weighted by atomic mass is 35.5. The minimum absolute atomic E-state index is 0.105. The predicted molar refractivity (Wildman–Crippen MR) is 124 cm³/mol. The van der Waals surface area contributed by atoms with Gasteiger partial charge in [-0.05, 0) is 55.4 Å². The molecule has 3 N–H and O–H groups in total. The number of carbonyl (C=O) groups excluding carboxylic acids is 1. The Morgan fingerprint density at radius 3 is 2.73 bits per heavy atom. The van der Waals surface area contributed by atoms with Gasteiger partial charge < -0.3 is 11.1 Å². The topological polar surface area (TPSA) is 80.9 Å². The molecule has 0 spiro atoms. The number of nitrogens with zero attached hydrogens (tertiary/aromatic N) is 2. The summed E-state index contributed by atoms with van der Waals surface area (Å²) < 4.78 is 0. The van der Waals surface area contributed by atoms with Crippen LogP contribution in [0.4, 0.5) is 5.69 Å². The van der Waals surface area contributed by atoms with Gasteiger partial charge in [0.05, 0.1) is 12.1 Å². The summed E-state index contributed by atoms with van der Waals surface area (Å²) in [6, 6.07) is 15.0. The first-order valence-corrected chi connectivity index (χ1v) is 10.8. The monoisotopic (exact) mass is 438 g/mol. The molecule has 1 heterocycles. The number of para-hydroxylation sites is 1. The zero-order valence-corrected chi connectivity index (χ0v) is 18.4. The second-order valence-electron chi connectivity index (χ2n) is 6.62. The molecule has 0 saturated carbocycles. The number of aryl methyl sites for hydroxylation is 1. The average molecular weight is 439 g/mol. The minimum atomic E-state index is -0.105. The Morgan fingerprint density at radius 1 is 1.20 bits per heavy atom. The molecule has 154 valence electrons. The van der Waals surface area contributed by atoms with E-state index in [1.807, 2.05) is 43.3 Å². The second kappa shape index (κ2) is 10.3. The molecule has 0 saturated heterocycles. The molecule has 0 atom stereocenters. The number of nitrogens with two attached hydrogens (primary N) is 1. The number of halogens is 1. The van der Waals surface area contributed by atoms with E-state index in [0.29, 0.717) is 10.8 Å². The normalized spacial score (nSPS) is 11.0. The van der Waals surface area contributed by atoms with Crippen LogP contribution < -0.4 is 11.1 Å². The molecule has 0 unspecified atom stereocenters. The standard InChI is InChI=1S/C23H23ClN4OS/c1-3-18-15(2)26-21(11-12-25)28-23(18)30-20-10-5-4-9-19(20)27-22(29)14-16-7-6-8-17(24)13-16/h4-13H,3,14,25H2,1-2H3,(H,27,29). The van der Waals surface area contributed by atoms with Gasteiger partial charge in [-0.3, -0.25) is 4.79 Å². The largest absolute Gasteiger partial charge is 0.404 e. The third kappa shape index (κ3) is 5.62. The number of aromatic nitrogens is 2. The van der Waals surface area contributed by atoms with Crippen LogP contribution in [0.3, 0.4) is 0 Å². The summed E-state index contributed by atoms with van der Waals surface area (Å²) in [4.78, 5) is 22.6. The number of carbonyl (C=O) groups is 1. The van der Waals surface area contributed by atoms with Crippen molar-refractivity contribution in [3.63, 3.8) is 0 Å². The van der Waals surface area contributed by atoms with E-state index in [4.69, 9.17) is 17.3 Å². The lowest BCUT2D eigenvalue weighted by Crippen LogP contribution is -2.15. The lowest BCUT2D eigenvalue weighted by molar-refractivity contribution is -0.115. The summed E-state index contributed by atoms with van der Waals surface area (Å²) in [5.74, 6) is 0.462. The Hall–Kier alpha value is -2.83. The van der Waals surface area contributed by atoms with Crippen LogP contribution in [0, 0.1) is 6.92 Å². The van der Waals surface area contributed by atoms with Gasteiger partial charge in [0.25, 0.3) is 0 Å². The summed E-state index contributed by atoms with van der Waals surface area (Å²) in [6.07, 6.45) is 4.16. The summed E-state index contributed by atoms with van der Waals surface area (Å²) in [6.45, 7) is 4.05. The molecule has 0 aliphatic carbocycles. The van der Waals surface area contributed by atoms with Crippen molar-refractivity contribution in [2.45, 2.75) is 36.6 Å². The van der Waals surface area contributed by atoms with Crippen LogP contribution in [-0.4, -0.2) is 15.9 Å². The van der Waals surface area contributed by atoms with E-state index in [0.717, 1.165) is 38.9 Å². The molecule has 1 amide bonds. The van der Waals surface area contributed by atoms with Crippen molar-refractivity contribution in [1.29, 1.82) is 0 Å². The molecule has 30 heavy (non-hydrogen) atoms. The molecular weight excluding hydrogens is 416 g/mol. The summed E-state index contributed by atoms with van der Waals surface area (Å²) in [5.41, 5.74) is 9.12. The Morgan fingerprint density at radius 2 is 2.00 bits per heavy atom. The number of rotatable bonds is 7. The van der Waals surface area contributed by atoms with Crippen LogP contribution in [0.25, 0.3) is 6.08 Å². The number of nitrogens with one attached hydrogen (secondary N) is 1. The Balaban J connectivity index is 1.84. The molecule has 5 nitrogen and oxygen atoms in total. The number of hydrogen-bond donors (Lipinski definition) is 2. The lowest BCUT2D eigenvalue weighted by atomic mass is 10.1. The van der Waals surface area contributed by atoms with Gasteiger partial charge in [0.2, 0.25) is 5.91 Å². The molecule has 0 bridgehead atoms. The fourth-order valence-electron chi connectivity index (χ4n) is 3.03. The van der Waals surface area contributed by atoms with Gasteiger partial charge in [0.15, 0.2) is 5.82 Å². The molecule has 3 rings (SSSR count). The molecular formula is C23H23ClN4OS. The van der Waals surface area contributed by atoms with E-state index in [2.05, 4.69) is 22.2 Å². The molecule has 2 aromatic carbocycles. The molecule has 1 aromatic heterocycles. The molecule has 0 aliphatic rings. The zero-order chi connectivity index (χ0) is 21.5. The average Bonchev–Trinajstić information content (AvgIpc) is 2.69. The molecule has 0 aliphatic heterocycles. The van der Waals surface area contributed by atoms with Crippen molar-refractivity contribution >= 4 is 41.0 Å². The van der Waals surface area contributed by atoms with Gasteiger partial charge in [-0.1, -0.05) is 54.6 Å². The van der Waals surface area contributed by atoms with Crippen molar-refractivity contribution in [3.8, 4) is 0 Å². The maximum absolute atomic E-state index is 12.6. The van der Waals surface area contributed by atoms with E-state index < -0.39 is 0 Å². The SMILES string of the molecule is CCc1c(C)nc(C=CN)nc1Sc1ccccc1NC(=O)Cc1cccc(Cl)c1. The van der Waals surface area contributed by atoms with E-state index >= 15 is 0 Å². The molecule has 3 aromatic rings. The Kier molecular flexibility index (Phi) is 7.49. The highest BCUT2D eigenvalue weighted by Crippen LogP contribution is 2.35. The Labute approximate surface area is 185 Å². The predicted octanol–water partition coefficient (Wildman–Crippen LogP) is 5.26. The maximum Gasteiger partial charge on any atom is 0.228 e. The number of anilines is 1. The minimum Gasteiger partial charge on any atom is -0.404 e. The fourth-order valence-corrected chi connectivity index (χ4v) is 4.38. The van der Waals surface area contributed by atoms with E-state index in [-0.39, 0.29) is 12.3 Å². The van der Waals surface area contributed by atoms with Crippen molar-refractivity contribution in [3.05, 3.63) is 82.4 Å². The Bertz CT molecular complexity index is 1080. The molecule has 7 heteroatoms. The maximum atomic E-state index is 12.6. The van der Waals surface area contributed by atoms with Crippen molar-refractivity contribution in [2.24, 2.45) is 5.73 Å². The lowest BCUT2D eigenvalue weighted by Gasteiger charge is -2.14. The summed E-state index contributed by atoms with van der Waals surface area (Å²) in [7, 11) is 0. The van der Waals surface area contributed by atoms with Crippen LogP contribution >= 0.6 is 23.4 Å². The first-order chi connectivity index (χ1) is 14.5. The quantitative estimate of drug-likeness (QED) is 0.491. The van der Waals surface area contributed by atoms with Crippen molar-refractivity contribution < 1.29 is 4.79 Å². The zero-order valence-electron chi connectivity index (χ0n) is 16.9. The number of amides is 1. The third-order valence-corrected chi connectivity index (χ3v) is 5.76. The van der Waals surface area contributed by atoms with Gasteiger partial charge in [-0.2, -0.15) is 0 Å². The first-order valence-electron chi connectivity index (χ1n) is 9.57. The van der Waals surface area contributed by atoms with Gasteiger partial charge in [0.1, 0.15) is 5.03 Å². The van der Waals surface area contributed by atoms with Crippen LogP contribution in [0.15, 0.2) is 64.7 Å². The van der Waals surface area contributed by atoms with Gasteiger partial charge in [0, 0.05) is 21.2 Å². The van der Waals surface area contributed by atoms with E-state index in [1.54, 1.807) is 18.2 Å². The van der Waals surface area contributed by atoms with Crippen LogP contribution in [0.2, 0.25) is 5.02 Å². The van der Waals surface area contributed by atoms with Gasteiger partial charge in [-0.25, -0.2) is 9.97 Å². The number of benzene rings is 2. The van der Waals surface area contributed by atoms with Crippen LogP contribution in [-0.2, 0) is 17.6 Å². The highest BCUT2D eigenvalue weighted by Gasteiger charge is 2.14. The summed E-state index contributed by atoms with van der Waals surface area (Å²) >= 11 is 7.53. The van der Waals surface area contributed by atoms with Crippen molar-refractivity contribution in [1.82, 2.24) is 9.97 Å². The fraction of sp³-hybridized carbons (Fsp3) is 0.174. The first kappa shape index (κ1) is 21.9. The van der Waals surface area contributed by atoms with Crippen molar-refractivity contribution in [2.75, 3.05) is 5.32 Å². The molecule has 0 radical (unpaired) electrons. The van der Waals surface area contributed by atoms with E-state index in [1.165, 1.54) is 18.0 Å². The van der Waals surface area contributed by atoms with E-state index in [9.17, 15) is 4.79 Å². The highest BCUT2D eigenvalue weighted by molar-refractivity contribution is 7.99. The van der Waals surface area contributed by atoms with Crippen LogP contribution in [0.1, 0.15) is 29.6 Å². The molecule has 0 fully saturated rings. The smallest absolute Gasteiger partial charge is 0.228 e. The second-order valence-corrected chi connectivity index (χ2v) is 8.08. The van der Waals surface area contributed by atoms with Gasteiger partial charge in [-0.15, -0.1) is 0 Å².